The summed E-state index contributed by atoms with van der Waals surface area (Å²) < 4.78 is 4.61. The minimum atomic E-state index is -0.382. The van der Waals surface area contributed by atoms with E-state index in [0.717, 1.165) is 11.3 Å². The van der Waals surface area contributed by atoms with Crippen molar-refractivity contribution < 1.29 is 14.3 Å². The summed E-state index contributed by atoms with van der Waals surface area (Å²) in [6.07, 6.45) is 0.817. The number of ether oxygens (including phenoxy) is 1. The maximum atomic E-state index is 12.1. The lowest BCUT2D eigenvalue weighted by atomic mass is 10.2. The van der Waals surface area contributed by atoms with Crippen molar-refractivity contribution in [3.8, 4) is 0 Å². The van der Waals surface area contributed by atoms with Gasteiger partial charge in [-0.05, 0) is 25.5 Å². The fourth-order valence-electron chi connectivity index (χ4n) is 1.65. The second-order valence-electron chi connectivity index (χ2n) is 4.49. The summed E-state index contributed by atoms with van der Waals surface area (Å²) in [5.74, 6) is -0.0879. The smallest absolute Gasteiger partial charge is 0.325 e. The number of hydrogen-bond acceptors (Lipinski definition) is 4. The quantitative estimate of drug-likeness (QED) is 0.573. The average Bonchev–Trinajstić information content (AvgIpc) is 2.45. The third kappa shape index (κ3) is 5.65. The molecule has 0 saturated heterocycles. The number of rotatable bonds is 7. The van der Waals surface area contributed by atoms with Crippen molar-refractivity contribution in [3.63, 3.8) is 0 Å². The number of amides is 1. The van der Waals surface area contributed by atoms with Gasteiger partial charge in [0, 0.05) is 11.4 Å². The van der Waals surface area contributed by atoms with Crippen LogP contribution >= 0.6 is 11.8 Å². The third-order valence-electron chi connectivity index (χ3n) is 2.78. The monoisotopic (exact) mass is 295 g/mol. The van der Waals surface area contributed by atoms with Crippen molar-refractivity contribution in [2.24, 2.45) is 0 Å². The van der Waals surface area contributed by atoms with Crippen LogP contribution in [0.5, 0.6) is 0 Å². The van der Waals surface area contributed by atoms with E-state index in [9.17, 15) is 9.59 Å². The van der Waals surface area contributed by atoms with Crippen LogP contribution in [0.4, 0.5) is 0 Å². The van der Waals surface area contributed by atoms with Crippen molar-refractivity contribution in [2.45, 2.75) is 25.2 Å². The molecule has 0 N–H and O–H groups in total. The first kappa shape index (κ1) is 16.6. The molecule has 0 fully saturated rings. The summed E-state index contributed by atoms with van der Waals surface area (Å²) in [6.45, 7) is 4.60. The van der Waals surface area contributed by atoms with Gasteiger partial charge in [0.05, 0.1) is 12.9 Å². The van der Waals surface area contributed by atoms with Crippen LogP contribution < -0.4 is 0 Å². The average molecular weight is 295 g/mol. The van der Waals surface area contributed by atoms with E-state index >= 15 is 0 Å². The molecule has 0 radical (unpaired) electrons. The Morgan fingerprint density at radius 3 is 2.45 bits per heavy atom. The molecule has 0 aliphatic rings. The first-order valence-corrected chi connectivity index (χ1v) is 7.59. The van der Waals surface area contributed by atoms with Gasteiger partial charge in [-0.3, -0.25) is 9.59 Å². The van der Waals surface area contributed by atoms with Crippen molar-refractivity contribution in [3.05, 3.63) is 29.8 Å². The highest BCUT2D eigenvalue weighted by atomic mass is 32.2. The van der Waals surface area contributed by atoms with Crippen LogP contribution in [0.25, 0.3) is 0 Å². The number of thioether (sulfide) groups is 1. The summed E-state index contributed by atoms with van der Waals surface area (Å²) in [5.41, 5.74) is 1.19. The Kier molecular flexibility index (Phi) is 7.15. The molecule has 0 saturated carbocycles. The zero-order chi connectivity index (χ0) is 15.0. The van der Waals surface area contributed by atoms with E-state index in [0.29, 0.717) is 12.3 Å². The molecule has 0 aliphatic carbocycles. The van der Waals surface area contributed by atoms with Crippen molar-refractivity contribution in [1.29, 1.82) is 0 Å². The van der Waals surface area contributed by atoms with Crippen molar-refractivity contribution in [2.75, 3.05) is 26.0 Å². The molecule has 0 bridgehead atoms. The first-order valence-electron chi connectivity index (χ1n) is 6.61. The maximum Gasteiger partial charge on any atom is 0.325 e. The molecule has 110 valence electrons. The number of nitrogens with zero attached hydrogens (tertiary/aromatic N) is 1. The van der Waals surface area contributed by atoms with Gasteiger partial charge in [-0.1, -0.05) is 24.6 Å². The SMILES string of the molecule is CCCN(CC(=O)OC)C(=O)CSc1ccc(C)cc1. The molecule has 0 atom stereocenters. The molecule has 5 heteroatoms. The molecule has 0 heterocycles. The summed E-state index contributed by atoms with van der Waals surface area (Å²) in [4.78, 5) is 26.0. The molecular formula is C15H21NO3S. The van der Waals surface area contributed by atoms with E-state index in [2.05, 4.69) is 4.74 Å². The minimum Gasteiger partial charge on any atom is -0.468 e. The Morgan fingerprint density at radius 2 is 1.90 bits per heavy atom. The number of esters is 1. The van der Waals surface area contributed by atoms with Crippen LogP contribution in [0.15, 0.2) is 29.2 Å². The molecule has 0 aromatic heterocycles. The van der Waals surface area contributed by atoms with Crippen LogP contribution in [0.2, 0.25) is 0 Å². The number of hydrogen-bond donors (Lipinski definition) is 0. The van der Waals surface area contributed by atoms with Crippen LogP contribution in [-0.2, 0) is 14.3 Å². The standard InChI is InChI=1S/C15H21NO3S/c1-4-9-16(10-15(18)19-3)14(17)11-20-13-7-5-12(2)6-8-13/h5-8H,4,9-11H2,1-3H3. The van der Waals surface area contributed by atoms with Gasteiger partial charge in [-0.25, -0.2) is 0 Å². The van der Waals surface area contributed by atoms with E-state index in [4.69, 9.17) is 0 Å². The Balaban J connectivity index is 2.52. The predicted molar refractivity (Wildman–Crippen MR) is 80.8 cm³/mol. The van der Waals surface area contributed by atoms with Crippen molar-refractivity contribution >= 4 is 23.6 Å². The number of carbonyl (C=O) groups excluding carboxylic acids is 2. The van der Waals surface area contributed by atoms with Crippen molar-refractivity contribution in [1.82, 2.24) is 4.90 Å². The summed E-state index contributed by atoms with van der Waals surface area (Å²) in [7, 11) is 1.33. The van der Waals surface area contributed by atoms with Crippen LogP contribution in [0.3, 0.4) is 0 Å². The fourth-order valence-corrected chi connectivity index (χ4v) is 2.45. The van der Waals surface area contributed by atoms with Gasteiger partial charge in [0.2, 0.25) is 5.91 Å². The Morgan fingerprint density at radius 1 is 1.25 bits per heavy atom. The number of aryl methyl sites for hydroxylation is 1. The van der Waals surface area contributed by atoms with E-state index in [1.54, 1.807) is 4.90 Å². The molecule has 0 aliphatic heterocycles. The third-order valence-corrected chi connectivity index (χ3v) is 3.77. The zero-order valence-electron chi connectivity index (χ0n) is 12.2. The van der Waals surface area contributed by atoms with Gasteiger partial charge in [-0.15, -0.1) is 11.8 Å². The normalized spacial score (nSPS) is 10.2. The first-order chi connectivity index (χ1) is 9.56. The van der Waals surface area contributed by atoms with Gasteiger partial charge in [0.15, 0.2) is 0 Å². The van der Waals surface area contributed by atoms with Gasteiger partial charge in [0.25, 0.3) is 0 Å². The van der Waals surface area contributed by atoms with Gasteiger partial charge < -0.3 is 9.64 Å². The summed E-state index contributed by atoms with van der Waals surface area (Å²) in [5, 5.41) is 0. The second kappa shape index (κ2) is 8.64. The molecule has 1 amide bonds. The maximum absolute atomic E-state index is 12.1. The molecule has 1 rings (SSSR count). The van der Waals surface area contributed by atoms with E-state index in [1.807, 2.05) is 38.1 Å². The highest BCUT2D eigenvalue weighted by Crippen LogP contribution is 2.18. The molecular weight excluding hydrogens is 274 g/mol. The molecule has 20 heavy (non-hydrogen) atoms. The minimum absolute atomic E-state index is 0.0254. The Labute approximate surface area is 124 Å². The Bertz CT molecular complexity index is 445. The zero-order valence-corrected chi connectivity index (χ0v) is 13.0. The number of methoxy groups -OCH3 is 1. The van der Waals surface area contributed by atoms with Crippen LogP contribution in [-0.4, -0.2) is 42.7 Å². The fraction of sp³-hybridized carbons (Fsp3) is 0.467. The van der Waals surface area contributed by atoms with Crippen LogP contribution in [0, 0.1) is 6.92 Å². The number of benzene rings is 1. The molecule has 1 aromatic carbocycles. The highest BCUT2D eigenvalue weighted by molar-refractivity contribution is 8.00. The highest BCUT2D eigenvalue weighted by Gasteiger charge is 2.16. The van der Waals surface area contributed by atoms with E-state index in [1.165, 1.54) is 24.4 Å². The van der Waals surface area contributed by atoms with Gasteiger partial charge >= 0.3 is 5.97 Å². The molecule has 0 spiro atoms. The lowest BCUT2D eigenvalue weighted by Crippen LogP contribution is -2.37. The lowest BCUT2D eigenvalue weighted by molar-refractivity contribution is -0.146. The molecule has 0 unspecified atom stereocenters. The number of carbonyl (C=O) groups is 2. The topological polar surface area (TPSA) is 46.6 Å². The second-order valence-corrected chi connectivity index (χ2v) is 5.54. The molecule has 1 aromatic rings. The van der Waals surface area contributed by atoms with E-state index < -0.39 is 0 Å². The predicted octanol–water partition coefficient (Wildman–Crippen LogP) is 2.50. The van der Waals surface area contributed by atoms with Gasteiger partial charge in [0.1, 0.15) is 6.54 Å². The van der Waals surface area contributed by atoms with Gasteiger partial charge in [-0.2, -0.15) is 0 Å². The largest absolute Gasteiger partial charge is 0.468 e. The Hall–Kier alpha value is -1.49. The van der Waals surface area contributed by atoms with Crippen LogP contribution in [0.1, 0.15) is 18.9 Å². The summed E-state index contributed by atoms with van der Waals surface area (Å²) >= 11 is 1.48. The lowest BCUT2D eigenvalue weighted by Gasteiger charge is -2.20. The molecule has 4 nitrogen and oxygen atoms in total. The van der Waals surface area contributed by atoms with E-state index in [-0.39, 0.29) is 18.4 Å². The summed E-state index contributed by atoms with van der Waals surface area (Å²) in [6, 6.07) is 8.03.